The second-order valence-corrected chi connectivity index (χ2v) is 17.6. The topological polar surface area (TPSA) is 100 Å². The minimum Gasteiger partial charge on any atom is -0.363 e. The molecule has 0 spiro atoms. The lowest BCUT2D eigenvalue weighted by atomic mass is 9.84. The van der Waals surface area contributed by atoms with E-state index in [-0.39, 0.29) is 30.0 Å². The molecule has 2 saturated heterocycles. The second kappa shape index (κ2) is 18.5. The number of aromatic nitrogens is 2. The fourth-order valence-corrected chi connectivity index (χ4v) is 11.2. The molecule has 58 heavy (non-hydrogen) atoms. The van der Waals surface area contributed by atoms with Gasteiger partial charge in [0.2, 0.25) is 11.8 Å². The Morgan fingerprint density at radius 1 is 0.638 bits per heavy atom. The fourth-order valence-electron chi connectivity index (χ4n) is 11.2. The zero-order valence-corrected chi connectivity index (χ0v) is 35.7. The number of H-pyrrole nitrogens is 1. The maximum Gasteiger partial charge on any atom is 0.226 e. The van der Waals surface area contributed by atoms with Crippen molar-refractivity contribution in [3.8, 4) is 22.4 Å². The van der Waals surface area contributed by atoms with Gasteiger partial charge in [0.25, 0.3) is 0 Å². The van der Waals surface area contributed by atoms with Gasteiger partial charge in [0.1, 0.15) is 11.7 Å². The first-order valence-corrected chi connectivity index (χ1v) is 23.0. The van der Waals surface area contributed by atoms with Gasteiger partial charge in [-0.25, -0.2) is 4.98 Å². The third-order valence-corrected chi connectivity index (χ3v) is 14.7. The van der Waals surface area contributed by atoms with E-state index in [0.717, 1.165) is 139 Å². The highest BCUT2D eigenvalue weighted by atomic mass is 16.2. The Balaban J connectivity index is 0.838. The number of aromatic amines is 1. The molecule has 2 aromatic carbocycles. The van der Waals surface area contributed by atoms with Crippen molar-refractivity contribution in [2.75, 3.05) is 45.8 Å². The zero-order valence-electron chi connectivity index (χ0n) is 35.7. The molecule has 0 radical (unpaired) electrons. The van der Waals surface area contributed by atoms with E-state index < -0.39 is 0 Å². The standard InChI is InChI=1S/C48H68N8O2/c1-5-53(6-2)39-25-21-37(22-26-39)47(57)55-29-9-11-43(55)45-49-31-41(51-45)35-17-13-33(14-18-35)34-15-19-36(20-16-34)42-32-50-46(52-42)44-12-10-30-56(44)48(58)38-23-27-40(28-24-38)54(7-3)8-4/h13-20,31,37-40,42-44H,5-12,21-30,32H2,1-4H3,(H,49,51)(H,50,52)/t37-,38-,39+,40+,42?,43-,44-/m0/s1. The van der Waals surface area contributed by atoms with E-state index in [1.54, 1.807) is 0 Å². The number of rotatable bonds is 13. The Kier molecular flexibility index (Phi) is 13.0. The molecule has 3 atom stereocenters. The van der Waals surface area contributed by atoms with Crippen LogP contribution in [0.15, 0.2) is 59.7 Å². The summed E-state index contributed by atoms with van der Waals surface area (Å²) in [6, 6.07) is 19.0. The number of hydrogen-bond acceptors (Lipinski definition) is 7. The average Bonchev–Trinajstić information content (AvgIpc) is 4.12. The summed E-state index contributed by atoms with van der Waals surface area (Å²) in [6.45, 7) is 15.7. The largest absolute Gasteiger partial charge is 0.363 e. The Morgan fingerprint density at radius 2 is 1.12 bits per heavy atom. The number of nitrogens with one attached hydrogen (secondary N) is 2. The summed E-state index contributed by atoms with van der Waals surface area (Å²) in [6.07, 6.45) is 14.5. The van der Waals surface area contributed by atoms with Crippen molar-refractivity contribution >= 4 is 17.6 Å². The molecule has 8 rings (SSSR count). The molecule has 1 aromatic heterocycles. The van der Waals surface area contributed by atoms with Crippen LogP contribution in [-0.2, 0) is 9.59 Å². The number of imidazole rings is 1. The van der Waals surface area contributed by atoms with Gasteiger partial charge in [-0.15, -0.1) is 0 Å². The van der Waals surface area contributed by atoms with Crippen LogP contribution >= 0.6 is 0 Å². The van der Waals surface area contributed by atoms with E-state index in [4.69, 9.17) is 9.98 Å². The first kappa shape index (κ1) is 40.7. The maximum atomic E-state index is 13.8. The number of amidine groups is 1. The molecule has 10 nitrogen and oxygen atoms in total. The monoisotopic (exact) mass is 789 g/mol. The summed E-state index contributed by atoms with van der Waals surface area (Å²) in [5.74, 6) is 2.88. The molecule has 0 bridgehead atoms. The van der Waals surface area contributed by atoms with Crippen molar-refractivity contribution in [3.05, 3.63) is 66.1 Å². The van der Waals surface area contributed by atoms with E-state index in [1.807, 2.05) is 6.20 Å². The molecule has 3 aromatic rings. The molecule has 2 N–H and O–H groups in total. The third-order valence-electron chi connectivity index (χ3n) is 14.7. The van der Waals surface area contributed by atoms with Crippen molar-refractivity contribution in [1.29, 1.82) is 0 Å². The summed E-state index contributed by atoms with van der Waals surface area (Å²) in [5.41, 5.74) is 5.65. The van der Waals surface area contributed by atoms with Crippen LogP contribution < -0.4 is 5.32 Å². The van der Waals surface area contributed by atoms with Crippen LogP contribution in [0.1, 0.15) is 128 Å². The summed E-state index contributed by atoms with van der Waals surface area (Å²) in [7, 11) is 0. The molecule has 10 heteroatoms. The van der Waals surface area contributed by atoms with E-state index in [2.05, 4.69) is 106 Å². The number of carbonyl (C=O) groups excluding carboxylic acids is 2. The SMILES string of the molecule is CCN(CC)[C@H]1CC[C@@H](C(=O)N2CCC[C@H]2C2=NCC(c3ccc(-c4ccc(-c5cnc([C@@H]6CCCN6C(=O)[C@H]6CC[C@@H](N(CC)CC)CC6)[nH]5)cc4)cc3)N2)CC1. The van der Waals surface area contributed by atoms with E-state index in [9.17, 15) is 9.59 Å². The summed E-state index contributed by atoms with van der Waals surface area (Å²) < 4.78 is 0. The Labute approximate surface area is 347 Å². The lowest BCUT2D eigenvalue weighted by Crippen LogP contribution is -2.48. The van der Waals surface area contributed by atoms with Gasteiger partial charge in [0.05, 0.1) is 36.6 Å². The van der Waals surface area contributed by atoms with Crippen LogP contribution in [0.25, 0.3) is 22.4 Å². The molecule has 5 aliphatic rings. The zero-order chi connectivity index (χ0) is 40.2. The van der Waals surface area contributed by atoms with Gasteiger partial charge in [0, 0.05) is 37.0 Å². The highest BCUT2D eigenvalue weighted by Crippen LogP contribution is 2.37. The van der Waals surface area contributed by atoms with Crippen molar-refractivity contribution in [2.45, 2.75) is 135 Å². The summed E-state index contributed by atoms with van der Waals surface area (Å²) in [5, 5.41) is 3.73. The molecular formula is C48H68N8O2. The number of carbonyl (C=O) groups is 2. The number of hydrogen-bond donors (Lipinski definition) is 2. The minimum atomic E-state index is 0.0302. The summed E-state index contributed by atoms with van der Waals surface area (Å²) >= 11 is 0. The van der Waals surface area contributed by atoms with Crippen LogP contribution in [0.4, 0.5) is 0 Å². The quantitative estimate of drug-likeness (QED) is 0.181. The van der Waals surface area contributed by atoms with E-state index >= 15 is 0 Å². The average molecular weight is 789 g/mol. The molecule has 2 amide bonds. The van der Waals surface area contributed by atoms with E-state index in [0.29, 0.717) is 30.4 Å². The molecular weight excluding hydrogens is 721 g/mol. The number of benzene rings is 2. The van der Waals surface area contributed by atoms with Crippen molar-refractivity contribution in [3.63, 3.8) is 0 Å². The normalized spacial score (nSPS) is 27.7. The van der Waals surface area contributed by atoms with Crippen molar-refractivity contribution in [1.82, 2.24) is 34.9 Å². The number of likely N-dealkylation sites (tertiary alicyclic amines) is 2. The van der Waals surface area contributed by atoms with Crippen LogP contribution in [-0.4, -0.2) is 111 Å². The number of aliphatic imine (C=N–C) groups is 1. The van der Waals surface area contributed by atoms with Crippen LogP contribution in [0, 0.1) is 11.8 Å². The van der Waals surface area contributed by atoms with Gasteiger partial charge in [0.15, 0.2) is 0 Å². The highest BCUT2D eigenvalue weighted by molar-refractivity contribution is 5.94. The third kappa shape index (κ3) is 8.51. The van der Waals surface area contributed by atoms with Gasteiger partial charge in [-0.2, -0.15) is 0 Å². The molecule has 312 valence electrons. The molecule has 4 fully saturated rings. The predicted octanol–water partition coefficient (Wildman–Crippen LogP) is 8.24. The minimum absolute atomic E-state index is 0.0302. The van der Waals surface area contributed by atoms with Gasteiger partial charge >= 0.3 is 0 Å². The van der Waals surface area contributed by atoms with Gasteiger partial charge in [-0.1, -0.05) is 76.2 Å². The lowest BCUT2D eigenvalue weighted by Gasteiger charge is -2.37. The van der Waals surface area contributed by atoms with Gasteiger partial charge < -0.3 is 29.9 Å². The smallest absolute Gasteiger partial charge is 0.226 e. The van der Waals surface area contributed by atoms with Gasteiger partial charge in [-0.05, 0) is 125 Å². The lowest BCUT2D eigenvalue weighted by molar-refractivity contribution is -0.138. The molecule has 1 unspecified atom stereocenters. The van der Waals surface area contributed by atoms with Gasteiger partial charge in [-0.3, -0.25) is 14.6 Å². The van der Waals surface area contributed by atoms with Crippen molar-refractivity contribution < 1.29 is 9.59 Å². The van der Waals surface area contributed by atoms with Crippen LogP contribution in [0.3, 0.4) is 0 Å². The second-order valence-electron chi connectivity index (χ2n) is 17.6. The Bertz CT molecular complexity index is 1850. The fraction of sp³-hybridized carbons (Fsp3) is 0.625. The van der Waals surface area contributed by atoms with Crippen LogP contribution in [0.2, 0.25) is 0 Å². The maximum absolute atomic E-state index is 13.8. The number of amides is 2. The molecule has 2 aliphatic carbocycles. The van der Waals surface area contributed by atoms with Crippen molar-refractivity contribution in [2.24, 2.45) is 16.8 Å². The first-order valence-electron chi connectivity index (χ1n) is 23.0. The summed E-state index contributed by atoms with van der Waals surface area (Å²) in [4.78, 5) is 50.4. The predicted molar refractivity (Wildman–Crippen MR) is 233 cm³/mol. The number of nitrogens with zero attached hydrogens (tertiary/aromatic N) is 6. The van der Waals surface area contributed by atoms with E-state index in [1.165, 1.54) is 16.7 Å². The Morgan fingerprint density at radius 3 is 1.66 bits per heavy atom. The molecule has 3 aliphatic heterocycles. The highest BCUT2D eigenvalue weighted by Gasteiger charge is 2.40. The molecule has 2 saturated carbocycles. The van der Waals surface area contributed by atoms with Crippen LogP contribution in [0.5, 0.6) is 0 Å². The molecule has 4 heterocycles. The first-order chi connectivity index (χ1) is 28.4. The Hall–Kier alpha value is -4.02.